The number of Topliss-reactive ketones (excluding diaryl/α,β-unsaturated/α-hetero) is 1. The van der Waals surface area contributed by atoms with Crippen LogP contribution in [0, 0.1) is 5.92 Å². The number of phenols is 1. The van der Waals surface area contributed by atoms with Crippen molar-refractivity contribution in [3.8, 4) is 23.0 Å². The molecule has 0 saturated carbocycles. The van der Waals surface area contributed by atoms with Gasteiger partial charge in [0.2, 0.25) is 0 Å². The number of hydrogen-bond acceptors (Lipinski definition) is 8. The molecule has 10 nitrogen and oxygen atoms in total. The van der Waals surface area contributed by atoms with Crippen LogP contribution in [0.3, 0.4) is 0 Å². The molecular formula is C24H28O10. The second-order valence-electron chi connectivity index (χ2n) is 7.18. The van der Waals surface area contributed by atoms with Crippen molar-refractivity contribution < 1.29 is 48.7 Å². The predicted molar refractivity (Wildman–Crippen MR) is 120 cm³/mol. The lowest BCUT2D eigenvalue weighted by Gasteiger charge is -2.10. The Morgan fingerprint density at radius 3 is 1.94 bits per heavy atom. The van der Waals surface area contributed by atoms with Crippen molar-refractivity contribution in [3.05, 3.63) is 47.5 Å². The van der Waals surface area contributed by atoms with Crippen LogP contribution in [0.1, 0.15) is 31.4 Å². The van der Waals surface area contributed by atoms with Gasteiger partial charge in [-0.15, -0.1) is 0 Å². The molecule has 3 N–H and O–H groups in total. The van der Waals surface area contributed by atoms with E-state index in [0.29, 0.717) is 23.5 Å². The summed E-state index contributed by atoms with van der Waals surface area (Å²) in [6.45, 7) is 2.55. The third kappa shape index (κ3) is 9.19. The van der Waals surface area contributed by atoms with Crippen LogP contribution < -0.4 is 14.2 Å². The number of esters is 1. The molecule has 2 rings (SSSR count). The second kappa shape index (κ2) is 13.5. The number of ketones is 1. The van der Waals surface area contributed by atoms with Gasteiger partial charge >= 0.3 is 17.9 Å². The molecule has 0 heterocycles. The van der Waals surface area contributed by atoms with Crippen molar-refractivity contribution in [3.63, 3.8) is 0 Å². The summed E-state index contributed by atoms with van der Waals surface area (Å²) in [7, 11) is 2.86. The Hall–Kier alpha value is -4.08. The smallest absolute Gasteiger partial charge is 0.314 e. The highest BCUT2D eigenvalue weighted by atomic mass is 16.6. The molecule has 0 aliphatic carbocycles. The molecule has 0 aliphatic rings. The third-order valence-electron chi connectivity index (χ3n) is 4.58. The average Bonchev–Trinajstić information content (AvgIpc) is 2.77. The van der Waals surface area contributed by atoms with E-state index < -0.39 is 29.6 Å². The molecule has 34 heavy (non-hydrogen) atoms. The van der Waals surface area contributed by atoms with E-state index in [1.807, 2.05) is 0 Å². The van der Waals surface area contributed by atoms with E-state index in [0.717, 1.165) is 5.56 Å². The molecule has 0 aliphatic heterocycles. The molecule has 10 heteroatoms. The van der Waals surface area contributed by atoms with Crippen molar-refractivity contribution in [2.45, 2.75) is 33.1 Å². The largest absolute Gasteiger partial charge is 0.504 e. The van der Waals surface area contributed by atoms with Crippen LogP contribution in [0.2, 0.25) is 0 Å². The molecule has 1 atom stereocenters. The maximum atomic E-state index is 11.1. The van der Waals surface area contributed by atoms with Gasteiger partial charge in [0, 0.05) is 13.3 Å². The number of benzene rings is 2. The molecule has 0 saturated heterocycles. The molecule has 184 valence electrons. The fraction of sp³-hybridized carbons (Fsp3) is 0.333. The minimum absolute atomic E-state index is 0.0223. The number of aliphatic carboxylic acids is 2. The number of methoxy groups -OCH3 is 2. The zero-order chi connectivity index (χ0) is 25.8. The Kier molecular flexibility index (Phi) is 11.1. The molecule has 0 fully saturated rings. The van der Waals surface area contributed by atoms with Crippen LogP contribution >= 0.6 is 0 Å². The Labute approximate surface area is 196 Å². The summed E-state index contributed by atoms with van der Waals surface area (Å²) >= 11 is 0. The lowest BCUT2D eigenvalue weighted by atomic mass is 9.96. The summed E-state index contributed by atoms with van der Waals surface area (Å²) < 4.78 is 14.9. The van der Waals surface area contributed by atoms with Crippen LogP contribution in [-0.4, -0.2) is 53.2 Å². The lowest BCUT2D eigenvalue weighted by Crippen LogP contribution is -2.23. The number of ether oxygens (including phenoxy) is 3. The van der Waals surface area contributed by atoms with Gasteiger partial charge in [-0.25, -0.2) is 0 Å². The van der Waals surface area contributed by atoms with E-state index >= 15 is 0 Å². The first-order valence-electron chi connectivity index (χ1n) is 10.1. The summed E-state index contributed by atoms with van der Waals surface area (Å²) in [5.74, 6) is -2.91. The van der Waals surface area contributed by atoms with Crippen molar-refractivity contribution in [2.24, 2.45) is 5.92 Å². The Morgan fingerprint density at radius 1 is 0.853 bits per heavy atom. The zero-order valence-electron chi connectivity index (χ0n) is 19.4. The number of rotatable bonds is 10. The van der Waals surface area contributed by atoms with Gasteiger partial charge in [0.15, 0.2) is 23.0 Å². The van der Waals surface area contributed by atoms with E-state index in [1.54, 1.807) is 24.3 Å². The van der Waals surface area contributed by atoms with Crippen molar-refractivity contribution in [1.82, 2.24) is 0 Å². The first-order chi connectivity index (χ1) is 16.0. The number of carboxylic acid groups (broad SMARTS) is 2. The Morgan fingerprint density at radius 2 is 1.44 bits per heavy atom. The predicted octanol–water partition coefficient (Wildman–Crippen LogP) is 2.87. The number of carbonyl (C=O) groups is 4. The topological polar surface area (TPSA) is 157 Å². The molecular weight excluding hydrogens is 448 g/mol. The molecule has 0 amide bonds. The summed E-state index contributed by atoms with van der Waals surface area (Å²) in [5, 5.41) is 26.8. The molecule has 0 aromatic heterocycles. The molecule has 2 aromatic carbocycles. The van der Waals surface area contributed by atoms with Gasteiger partial charge in [-0.3, -0.25) is 19.2 Å². The minimum Gasteiger partial charge on any atom is -0.504 e. The fourth-order valence-corrected chi connectivity index (χ4v) is 2.85. The first-order valence-corrected chi connectivity index (χ1v) is 10.1. The Balaban J connectivity index is 0.000000340. The van der Waals surface area contributed by atoms with Crippen LogP contribution in [0.15, 0.2) is 36.4 Å². The number of aromatic hydroxyl groups is 1. The average molecular weight is 476 g/mol. The molecule has 0 bridgehead atoms. The zero-order valence-corrected chi connectivity index (χ0v) is 19.4. The highest BCUT2D eigenvalue weighted by molar-refractivity contribution is 5.97. The van der Waals surface area contributed by atoms with Gasteiger partial charge in [0.1, 0.15) is 11.7 Å². The molecule has 0 radical (unpaired) electrons. The summed E-state index contributed by atoms with van der Waals surface area (Å²) in [4.78, 5) is 43.3. The number of hydrogen-bond donors (Lipinski definition) is 3. The molecule has 1 unspecified atom stereocenters. The van der Waals surface area contributed by atoms with Crippen molar-refractivity contribution in [2.75, 3.05) is 14.2 Å². The third-order valence-corrected chi connectivity index (χ3v) is 4.58. The number of aryl methyl sites for hydroxylation is 1. The number of carboxylic acids is 2. The van der Waals surface area contributed by atoms with E-state index in [1.165, 1.54) is 40.2 Å². The minimum atomic E-state index is -1.15. The monoisotopic (exact) mass is 476 g/mol. The Bertz CT molecular complexity index is 1010. The molecule has 0 spiro atoms. The first kappa shape index (κ1) is 28.0. The van der Waals surface area contributed by atoms with E-state index in [2.05, 4.69) is 0 Å². The van der Waals surface area contributed by atoms with Gasteiger partial charge in [-0.2, -0.15) is 0 Å². The molecule has 2 aromatic rings. The second-order valence-corrected chi connectivity index (χ2v) is 7.18. The van der Waals surface area contributed by atoms with Crippen LogP contribution in [0.5, 0.6) is 23.0 Å². The highest BCUT2D eigenvalue weighted by Gasteiger charge is 2.23. The summed E-state index contributed by atoms with van der Waals surface area (Å²) in [5.41, 5.74) is 1.45. The van der Waals surface area contributed by atoms with Gasteiger partial charge in [-0.1, -0.05) is 12.1 Å². The highest BCUT2D eigenvalue weighted by Crippen LogP contribution is 2.29. The normalized spacial score (nSPS) is 10.8. The maximum absolute atomic E-state index is 11.1. The van der Waals surface area contributed by atoms with Crippen molar-refractivity contribution >= 4 is 23.7 Å². The van der Waals surface area contributed by atoms with E-state index in [4.69, 9.17) is 24.4 Å². The quantitative estimate of drug-likeness (QED) is 0.265. The van der Waals surface area contributed by atoms with Gasteiger partial charge < -0.3 is 29.5 Å². The van der Waals surface area contributed by atoms with Gasteiger partial charge in [-0.05, 0) is 55.2 Å². The van der Waals surface area contributed by atoms with Gasteiger partial charge in [0.05, 0.1) is 14.2 Å². The SMILES string of the molecule is COc1cc(CC(C(C)=O)C(=O)O)ccc1O.COc1cc(CCC(=O)O)ccc1OC(C)=O. The van der Waals surface area contributed by atoms with Crippen molar-refractivity contribution in [1.29, 1.82) is 0 Å². The van der Waals surface area contributed by atoms with E-state index in [-0.39, 0.29) is 24.3 Å². The maximum Gasteiger partial charge on any atom is 0.314 e. The van der Waals surface area contributed by atoms with Crippen LogP contribution in [0.4, 0.5) is 0 Å². The summed E-state index contributed by atoms with van der Waals surface area (Å²) in [6, 6.07) is 9.47. The standard InChI is InChI=1S/2C12H14O5/c1-8(13)17-10-5-3-9(4-6-12(14)15)7-11(10)16-2;1-7(13)9(12(15)16)5-8-3-4-10(14)11(6-8)17-2/h3,5,7H,4,6H2,1-2H3,(H,14,15);3-4,6,9,14H,5H2,1-2H3,(H,15,16). The lowest BCUT2D eigenvalue weighted by molar-refractivity contribution is -0.145. The summed E-state index contributed by atoms with van der Waals surface area (Å²) in [6.07, 6.45) is 0.545. The number of carbonyl (C=O) groups excluding carboxylic acids is 2. The van der Waals surface area contributed by atoms with Crippen LogP contribution in [0.25, 0.3) is 0 Å². The number of phenolic OH excluding ortho intramolecular Hbond substituents is 1. The van der Waals surface area contributed by atoms with Crippen LogP contribution in [-0.2, 0) is 32.0 Å². The fourth-order valence-electron chi connectivity index (χ4n) is 2.85. The van der Waals surface area contributed by atoms with Gasteiger partial charge in [0.25, 0.3) is 0 Å². The van der Waals surface area contributed by atoms with E-state index in [9.17, 15) is 24.3 Å².